The van der Waals surface area contributed by atoms with E-state index >= 15 is 0 Å². The zero-order chi connectivity index (χ0) is 13.7. The third kappa shape index (κ3) is 3.15. The lowest BCUT2D eigenvalue weighted by molar-refractivity contribution is -0.0624. The summed E-state index contributed by atoms with van der Waals surface area (Å²) in [5.74, 6) is 0. The van der Waals surface area contributed by atoms with Crippen molar-refractivity contribution in [1.82, 2.24) is 10.3 Å². The number of nitrogens with zero attached hydrogens (tertiary/aromatic N) is 1. The minimum absolute atomic E-state index is 0.0414. The first-order valence-corrected chi connectivity index (χ1v) is 7.50. The van der Waals surface area contributed by atoms with Crippen LogP contribution in [0.2, 0.25) is 0 Å². The van der Waals surface area contributed by atoms with Crippen LogP contribution in [0.15, 0.2) is 18.5 Å². The normalized spacial score (nSPS) is 19.5. The van der Waals surface area contributed by atoms with E-state index in [4.69, 9.17) is 4.74 Å². The Morgan fingerprint density at radius 3 is 2.63 bits per heavy atom. The molecular formula is C16H26N2O. The molecule has 0 aromatic carbocycles. The summed E-state index contributed by atoms with van der Waals surface area (Å²) in [5.41, 5.74) is 2.43. The molecule has 0 amide bonds. The molecule has 19 heavy (non-hydrogen) atoms. The number of rotatable bonds is 6. The molecule has 1 heterocycles. The lowest BCUT2D eigenvalue weighted by Crippen LogP contribution is -2.44. The van der Waals surface area contributed by atoms with Gasteiger partial charge in [0.05, 0.1) is 11.6 Å². The molecule has 0 aliphatic heterocycles. The van der Waals surface area contributed by atoms with E-state index in [1.807, 2.05) is 12.4 Å². The third-order valence-electron chi connectivity index (χ3n) is 4.05. The van der Waals surface area contributed by atoms with E-state index in [2.05, 4.69) is 37.1 Å². The molecule has 2 rings (SSSR count). The summed E-state index contributed by atoms with van der Waals surface area (Å²) in [6, 6.07) is 2.49. The first-order valence-electron chi connectivity index (χ1n) is 7.50. The highest BCUT2D eigenvalue weighted by atomic mass is 16.5. The van der Waals surface area contributed by atoms with Crippen LogP contribution in [-0.4, -0.2) is 23.7 Å². The van der Waals surface area contributed by atoms with Crippen molar-refractivity contribution < 1.29 is 4.74 Å². The van der Waals surface area contributed by atoms with E-state index in [9.17, 15) is 0 Å². The lowest BCUT2D eigenvalue weighted by Gasteiger charge is -2.38. The quantitative estimate of drug-likeness (QED) is 0.853. The van der Waals surface area contributed by atoms with Crippen LogP contribution in [0.5, 0.6) is 0 Å². The van der Waals surface area contributed by atoms with E-state index in [1.54, 1.807) is 0 Å². The van der Waals surface area contributed by atoms with Crippen molar-refractivity contribution in [2.45, 2.75) is 58.1 Å². The SMILES string of the molecule is CCNC(c1cncc(C)c1)C1(OCC)CCCC1. The van der Waals surface area contributed by atoms with E-state index in [0.717, 1.165) is 26.0 Å². The molecule has 1 saturated carbocycles. The fraction of sp³-hybridized carbons (Fsp3) is 0.688. The molecule has 1 aromatic heterocycles. The first kappa shape index (κ1) is 14.5. The van der Waals surface area contributed by atoms with Crippen molar-refractivity contribution >= 4 is 0 Å². The van der Waals surface area contributed by atoms with Gasteiger partial charge in [-0.3, -0.25) is 4.98 Å². The van der Waals surface area contributed by atoms with Crippen LogP contribution in [0.1, 0.15) is 56.7 Å². The van der Waals surface area contributed by atoms with Gasteiger partial charge in [-0.05, 0) is 44.4 Å². The first-order chi connectivity index (χ1) is 9.22. The van der Waals surface area contributed by atoms with Crippen LogP contribution in [0.4, 0.5) is 0 Å². The largest absolute Gasteiger partial charge is 0.373 e. The van der Waals surface area contributed by atoms with Crippen molar-refractivity contribution in [3.8, 4) is 0 Å². The topological polar surface area (TPSA) is 34.2 Å². The maximum absolute atomic E-state index is 6.21. The second-order valence-electron chi connectivity index (χ2n) is 5.49. The Balaban J connectivity index is 2.32. The van der Waals surface area contributed by atoms with Gasteiger partial charge in [0.25, 0.3) is 0 Å². The number of aromatic nitrogens is 1. The van der Waals surface area contributed by atoms with E-state index < -0.39 is 0 Å². The third-order valence-corrected chi connectivity index (χ3v) is 4.05. The number of nitrogens with one attached hydrogen (secondary N) is 1. The monoisotopic (exact) mass is 262 g/mol. The minimum Gasteiger partial charge on any atom is -0.373 e. The van der Waals surface area contributed by atoms with Crippen molar-refractivity contribution in [3.63, 3.8) is 0 Å². The Kier molecular flexibility index (Phi) is 4.94. The summed E-state index contributed by atoms with van der Waals surface area (Å²) in [4.78, 5) is 4.35. The number of aryl methyl sites for hydroxylation is 1. The van der Waals surface area contributed by atoms with Crippen LogP contribution in [0, 0.1) is 6.92 Å². The molecule has 1 unspecified atom stereocenters. The number of pyridine rings is 1. The van der Waals surface area contributed by atoms with Gasteiger partial charge >= 0.3 is 0 Å². The molecule has 0 radical (unpaired) electrons. The Morgan fingerprint density at radius 2 is 2.05 bits per heavy atom. The molecule has 1 aliphatic carbocycles. The van der Waals surface area contributed by atoms with Crippen molar-refractivity contribution in [1.29, 1.82) is 0 Å². The molecule has 0 bridgehead atoms. The van der Waals surface area contributed by atoms with Crippen molar-refractivity contribution in [2.24, 2.45) is 0 Å². The molecule has 1 aliphatic rings. The summed E-state index contributed by atoms with van der Waals surface area (Å²) in [7, 11) is 0. The zero-order valence-electron chi connectivity index (χ0n) is 12.4. The van der Waals surface area contributed by atoms with Crippen LogP contribution in [-0.2, 0) is 4.74 Å². The van der Waals surface area contributed by atoms with E-state index in [-0.39, 0.29) is 11.6 Å². The molecule has 106 valence electrons. The summed E-state index contributed by atoms with van der Waals surface area (Å²) in [6.07, 6.45) is 8.72. The Hall–Kier alpha value is -0.930. The molecule has 0 saturated heterocycles. The van der Waals surface area contributed by atoms with E-state index in [1.165, 1.54) is 24.0 Å². The molecule has 3 nitrogen and oxygen atoms in total. The maximum Gasteiger partial charge on any atom is 0.0876 e. The predicted octanol–water partition coefficient (Wildman–Crippen LogP) is 3.39. The van der Waals surface area contributed by atoms with Gasteiger partial charge in [0, 0.05) is 19.0 Å². The molecule has 1 aromatic rings. The van der Waals surface area contributed by atoms with Crippen molar-refractivity contribution in [2.75, 3.05) is 13.2 Å². The summed E-state index contributed by atoms with van der Waals surface area (Å²) in [6.45, 7) is 8.08. The lowest BCUT2D eigenvalue weighted by atomic mass is 9.87. The molecule has 1 atom stereocenters. The zero-order valence-corrected chi connectivity index (χ0v) is 12.4. The molecule has 3 heteroatoms. The second-order valence-corrected chi connectivity index (χ2v) is 5.49. The van der Waals surface area contributed by atoms with Gasteiger partial charge in [0.15, 0.2) is 0 Å². The number of hydrogen-bond donors (Lipinski definition) is 1. The van der Waals surface area contributed by atoms with Crippen LogP contribution >= 0.6 is 0 Å². The average molecular weight is 262 g/mol. The molecule has 1 fully saturated rings. The fourth-order valence-electron chi connectivity index (χ4n) is 3.33. The van der Waals surface area contributed by atoms with Gasteiger partial charge in [0.2, 0.25) is 0 Å². The van der Waals surface area contributed by atoms with Gasteiger partial charge in [0.1, 0.15) is 0 Å². The molecular weight excluding hydrogens is 236 g/mol. The summed E-state index contributed by atoms with van der Waals surface area (Å²) in [5, 5.41) is 3.63. The molecule has 1 N–H and O–H groups in total. The van der Waals surface area contributed by atoms with Gasteiger partial charge in [-0.2, -0.15) is 0 Å². The van der Waals surface area contributed by atoms with Gasteiger partial charge in [-0.1, -0.05) is 25.8 Å². The number of hydrogen-bond acceptors (Lipinski definition) is 3. The highest BCUT2D eigenvalue weighted by Gasteiger charge is 2.42. The Labute approximate surface area is 116 Å². The highest BCUT2D eigenvalue weighted by molar-refractivity contribution is 5.24. The predicted molar refractivity (Wildman–Crippen MR) is 78.2 cm³/mol. The smallest absolute Gasteiger partial charge is 0.0876 e. The standard InChI is InChI=1S/C16H26N2O/c1-4-18-15(14-10-13(3)11-17-12-14)16(19-5-2)8-6-7-9-16/h10-12,15,18H,4-9H2,1-3H3. The van der Waals surface area contributed by atoms with E-state index in [0.29, 0.717) is 0 Å². The van der Waals surface area contributed by atoms with Crippen LogP contribution in [0.3, 0.4) is 0 Å². The van der Waals surface area contributed by atoms with Crippen molar-refractivity contribution in [3.05, 3.63) is 29.6 Å². The summed E-state index contributed by atoms with van der Waals surface area (Å²) < 4.78 is 6.21. The maximum atomic E-state index is 6.21. The second kappa shape index (κ2) is 6.49. The minimum atomic E-state index is -0.0414. The fourth-order valence-corrected chi connectivity index (χ4v) is 3.33. The average Bonchev–Trinajstić information content (AvgIpc) is 2.86. The Morgan fingerprint density at radius 1 is 1.32 bits per heavy atom. The van der Waals surface area contributed by atoms with Crippen LogP contribution in [0.25, 0.3) is 0 Å². The van der Waals surface area contributed by atoms with Gasteiger partial charge in [-0.25, -0.2) is 0 Å². The number of likely N-dealkylation sites (N-methyl/N-ethyl adjacent to an activating group) is 1. The molecule has 0 spiro atoms. The van der Waals surface area contributed by atoms with Crippen LogP contribution < -0.4 is 5.32 Å². The highest BCUT2D eigenvalue weighted by Crippen LogP contribution is 2.42. The summed E-state index contributed by atoms with van der Waals surface area (Å²) >= 11 is 0. The van der Waals surface area contributed by atoms with Gasteiger partial charge < -0.3 is 10.1 Å². The number of ether oxygens (including phenoxy) is 1. The van der Waals surface area contributed by atoms with Gasteiger partial charge in [-0.15, -0.1) is 0 Å². The Bertz CT molecular complexity index is 399.